The van der Waals surface area contributed by atoms with E-state index in [1.54, 1.807) is 19.5 Å². The predicted molar refractivity (Wildman–Crippen MR) is 125 cm³/mol. The zero-order valence-electron chi connectivity index (χ0n) is 18.6. The Morgan fingerprint density at radius 2 is 1.55 bits per heavy atom. The van der Waals surface area contributed by atoms with E-state index in [0.717, 1.165) is 28.2 Å². The van der Waals surface area contributed by atoms with E-state index in [2.05, 4.69) is 15.3 Å². The Bertz CT molecular complexity index is 1180. The molecule has 0 aliphatic rings. The third-order valence-corrected chi connectivity index (χ3v) is 5.51. The van der Waals surface area contributed by atoms with Crippen LogP contribution in [0.4, 0.5) is 0 Å². The van der Waals surface area contributed by atoms with E-state index in [1.807, 2.05) is 73.1 Å². The van der Waals surface area contributed by atoms with Crippen molar-refractivity contribution in [1.29, 1.82) is 0 Å². The number of aromatic nitrogens is 4. The van der Waals surface area contributed by atoms with Gasteiger partial charge in [0, 0.05) is 49.9 Å². The smallest absolute Gasteiger partial charge is 0.217 e. The lowest BCUT2D eigenvalue weighted by molar-refractivity contribution is -0.119. The molecule has 0 spiro atoms. The summed E-state index contributed by atoms with van der Waals surface area (Å²) >= 11 is 0. The molecule has 1 N–H and O–H groups in total. The topological polar surface area (TPSA) is 89.9 Å². The monoisotopic (exact) mass is 439 g/mol. The van der Waals surface area contributed by atoms with Gasteiger partial charge in [-0.25, -0.2) is 4.98 Å². The summed E-state index contributed by atoms with van der Waals surface area (Å²) in [6, 6.07) is 19.5. The molecular weight excluding hydrogens is 414 g/mol. The van der Waals surface area contributed by atoms with Gasteiger partial charge < -0.3 is 10.1 Å². The van der Waals surface area contributed by atoms with Gasteiger partial charge in [-0.15, -0.1) is 0 Å². The van der Waals surface area contributed by atoms with E-state index in [0.29, 0.717) is 18.8 Å². The van der Waals surface area contributed by atoms with Crippen molar-refractivity contribution in [1.82, 2.24) is 25.3 Å². The highest BCUT2D eigenvalue weighted by Gasteiger charge is 2.39. The van der Waals surface area contributed by atoms with Gasteiger partial charge in [0.2, 0.25) is 11.8 Å². The van der Waals surface area contributed by atoms with Gasteiger partial charge in [-0.1, -0.05) is 24.3 Å². The van der Waals surface area contributed by atoms with Crippen LogP contribution in [0, 0.1) is 0 Å². The van der Waals surface area contributed by atoms with Crippen LogP contribution >= 0.6 is 0 Å². The standard InChI is InChI=1S/C26H25N5O2/c1-19(32)29-18-23-10-3-9-22(30-23)15-26(20-7-5-13-27-16-20,21-8-6-14-28-17-21)24-11-4-12-25(31-24)33-2/h3-14,16-17H,15,18H2,1-2H3,(H,29,32). The van der Waals surface area contributed by atoms with Gasteiger partial charge in [-0.05, 0) is 41.5 Å². The lowest BCUT2D eigenvalue weighted by atomic mass is 9.69. The molecule has 0 aliphatic heterocycles. The van der Waals surface area contributed by atoms with E-state index in [-0.39, 0.29) is 5.91 Å². The molecular formula is C26H25N5O2. The quantitative estimate of drug-likeness (QED) is 0.452. The Balaban J connectivity index is 1.91. The maximum atomic E-state index is 11.4. The number of carbonyl (C=O) groups is 1. The van der Waals surface area contributed by atoms with Crippen molar-refractivity contribution in [3.8, 4) is 5.88 Å². The first-order chi connectivity index (χ1) is 16.1. The van der Waals surface area contributed by atoms with Crippen molar-refractivity contribution in [3.63, 3.8) is 0 Å². The Labute approximate surface area is 192 Å². The molecule has 4 rings (SSSR count). The first-order valence-corrected chi connectivity index (χ1v) is 10.6. The third-order valence-electron chi connectivity index (χ3n) is 5.51. The van der Waals surface area contributed by atoms with Crippen LogP contribution in [0.3, 0.4) is 0 Å². The zero-order valence-corrected chi connectivity index (χ0v) is 18.6. The number of ether oxygens (including phenoxy) is 1. The zero-order chi connectivity index (χ0) is 23.1. The highest BCUT2D eigenvalue weighted by Crippen LogP contribution is 2.41. The number of carbonyl (C=O) groups excluding carboxylic acids is 1. The normalized spacial score (nSPS) is 11.1. The molecule has 0 aliphatic carbocycles. The maximum Gasteiger partial charge on any atom is 0.217 e. The summed E-state index contributed by atoms with van der Waals surface area (Å²) in [4.78, 5) is 29.8. The third kappa shape index (κ3) is 4.87. The van der Waals surface area contributed by atoms with Crippen LogP contribution in [0.2, 0.25) is 0 Å². The highest BCUT2D eigenvalue weighted by atomic mass is 16.5. The SMILES string of the molecule is COc1cccc(C(Cc2cccc(CNC(C)=O)n2)(c2cccnc2)c2cccnc2)n1. The van der Waals surface area contributed by atoms with Crippen LogP contribution in [0.1, 0.15) is 35.1 Å². The van der Waals surface area contributed by atoms with Gasteiger partial charge in [0.05, 0.1) is 30.5 Å². The van der Waals surface area contributed by atoms with Gasteiger partial charge in [-0.3, -0.25) is 19.7 Å². The predicted octanol–water partition coefficient (Wildman–Crippen LogP) is 3.49. The summed E-state index contributed by atoms with van der Waals surface area (Å²) in [5.41, 5.74) is 3.66. The number of hydrogen-bond acceptors (Lipinski definition) is 6. The first-order valence-electron chi connectivity index (χ1n) is 10.6. The van der Waals surface area contributed by atoms with Gasteiger partial charge >= 0.3 is 0 Å². The summed E-state index contributed by atoms with van der Waals surface area (Å²) in [5, 5.41) is 2.81. The van der Waals surface area contributed by atoms with E-state index >= 15 is 0 Å². The minimum atomic E-state index is -0.712. The number of hydrogen-bond donors (Lipinski definition) is 1. The Kier molecular flexibility index (Phi) is 6.69. The van der Waals surface area contributed by atoms with Crippen LogP contribution in [-0.4, -0.2) is 33.0 Å². The van der Waals surface area contributed by atoms with Crippen molar-refractivity contribution in [3.05, 3.63) is 114 Å². The summed E-state index contributed by atoms with van der Waals surface area (Å²) in [6.07, 6.45) is 7.73. The van der Waals surface area contributed by atoms with Gasteiger partial charge in [-0.2, -0.15) is 0 Å². The van der Waals surface area contributed by atoms with Crippen molar-refractivity contribution in [2.45, 2.75) is 25.3 Å². The molecule has 0 saturated carbocycles. The molecule has 0 unspecified atom stereocenters. The van der Waals surface area contributed by atoms with E-state index < -0.39 is 5.41 Å². The number of nitrogens with one attached hydrogen (secondary N) is 1. The largest absolute Gasteiger partial charge is 0.481 e. The molecule has 1 amide bonds. The van der Waals surface area contributed by atoms with Crippen LogP contribution in [0.5, 0.6) is 5.88 Å². The molecule has 0 atom stereocenters. The molecule has 33 heavy (non-hydrogen) atoms. The average Bonchev–Trinajstić information content (AvgIpc) is 2.87. The van der Waals surface area contributed by atoms with Gasteiger partial charge in [0.1, 0.15) is 0 Å². The van der Waals surface area contributed by atoms with E-state index in [9.17, 15) is 4.79 Å². The minimum Gasteiger partial charge on any atom is -0.481 e. The van der Waals surface area contributed by atoms with Crippen LogP contribution < -0.4 is 10.1 Å². The second-order valence-electron chi connectivity index (χ2n) is 7.66. The molecule has 0 saturated heterocycles. The Morgan fingerprint density at radius 1 is 0.879 bits per heavy atom. The maximum absolute atomic E-state index is 11.4. The van der Waals surface area contributed by atoms with Crippen molar-refractivity contribution in [2.24, 2.45) is 0 Å². The Hall–Kier alpha value is -4.13. The van der Waals surface area contributed by atoms with Gasteiger partial charge in [0.15, 0.2) is 0 Å². The molecule has 4 aromatic heterocycles. The number of pyridine rings is 4. The van der Waals surface area contributed by atoms with E-state index in [1.165, 1.54) is 6.92 Å². The van der Waals surface area contributed by atoms with E-state index in [4.69, 9.17) is 14.7 Å². The molecule has 7 heteroatoms. The molecule has 166 valence electrons. The molecule has 0 bridgehead atoms. The lowest BCUT2D eigenvalue weighted by Crippen LogP contribution is -2.34. The highest BCUT2D eigenvalue weighted by molar-refractivity contribution is 5.72. The minimum absolute atomic E-state index is 0.0946. The van der Waals surface area contributed by atoms with Crippen LogP contribution in [0.25, 0.3) is 0 Å². The lowest BCUT2D eigenvalue weighted by Gasteiger charge is -2.34. The fourth-order valence-electron chi connectivity index (χ4n) is 3.97. The van der Waals surface area contributed by atoms with Crippen molar-refractivity contribution < 1.29 is 9.53 Å². The fraction of sp³-hybridized carbons (Fsp3) is 0.192. The molecule has 0 radical (unpaired) electrons. The van der Waals surface area contributed by atoms with Crippen LogP contribution in [0.15, 0.2) is 85.5 Å². The molecule has 0 aromatic carbocycles. The number of rotatable bonds is 8. The first kappa shape index (κ1) is 22.1. The second-order valence-corrected chi connectivity index (χ2v) is 7.66. The summed E-state index contributed by atoms with van der Waals surface area (Å²) in [5.74, 6) is 0.430. The second kappa shape index (κ2) is 9.99. The molecule has 7 nitrogen and oxygen atoms in total. The summed E-state index contributed by atoms with van der Waals surface area (Å²) in [7, 11) is 1.61. The number of methoxy groups -OCH3 is 1. The van der Waals surface area contributed by atoms with Crippen molar-refractivity contribution in [2.75, 3.05) is 7.11 Å². The number of nitrogens with zero attached hydrogens (tertiary/aromatic N) is 4. The average molecular weight is 440 g/mol. The molecule has 0 fully saturated rings. The van der Waals surface area contributed by atoms with Crippen LogP contribution in [-0.2, 0) is 23.2 Å². The molecule has 4 aromatic rings. The Morgan fingerprint density at radius 3 is 2.15 bits per heavy atom. The summed E-state index contributed by atoms with van der Waals surface area (Å²) in [6.45, 7) is 1.86. The number of amides is 1. The van der Waals surface area contributed by atoms with Crippen molar-refractivity contribution >= 4 is 5.91 Å². The summed E-state index contributed by atoms with van der Waals surface area (Å²) < 4.78 is 5.45. The molecule has 4 heterocycles. The fourth-order valence-corrected chi connectivity index (χ4v) is 3.97. The van der Waals surface area contributed by atoms with Gasteiger partial charge in [0.25, 0.3) is 0 Å².